The summed E-state index contributed by atoms with van der Waals surface area (Å²) >= 11 is 0. The molecule has 0 unspecified atom stereocenters. The number of aromatic amines is 5. The van der Waals surface area contributed by atoms with Crippen LogP contribution in [0, 0.1) is 34.6 Å². The van der Waals surface area contributed by atoms with Crippen LogP contribution in [0.4, 0.5) is 17.6 Å². The van der Waals surface area contributed by atoms with Gasteiger partial charge >= 0.3 is 0 Å². The van der Waals surface area contributed by atoms with Crippen molar-refractivity contribution in [3.63, 3.8) is 0 Å². The highest BCUT2D eigenvalue weighted by molar-refractivity contribution is 7.88. The molecule has 10 aromatic rings. The molecule has 5 aliphatic rings. The SMILES string of the molecule is CC(=O)N1CC=C(c2c[nH]c3cc(C#N)ccc23)CC1.CCN(CC)S(=O)(=O)N1CCC(c2c[nH]c3ccccc23)CC1.CS(=O)(=O)N1CC=C(c2c[nH]c3cc(F)cc(F)c23)CC1.CS(=O)(=O)N1CCC(c2c[nH]c3cc(F)cc(F)c23)CC1.NS(=O)(=O)N1CCC(c2c[nH]c3ccccc23)CC1. The van der Waals surface area contributed by atoms with Crippen LogP contribution in [0.1, 0.15) is 123 Å². The van der Waals surface area contributed by atoms with E-state index in [0.29, 0.717) is 129 Å². The van der Waals surface area contributed by atoms with Gasteiger partial charge in [0.15, 0.2) is 0 Å². The van der Waals surface area contributed by atoms with E-state index >= 15 is 0 Å². The first kappa shape index (κ1) is 76.6. The Morgan fingerprint density at radius 2 is 0.962 bits per heavy atom. The number of piperidine rings is 3. The average Bonchev–Trinajstić information content (AvgIpc) is 1.66. The number of benzene rings is 5. The van der Waals surface area contributed by atoms with Crippen molar-refractivity contribution in [3.05, 3.63) is 191 Å². The molecule has 3 saturated heterocycles. The van der Waals surface area contributed by atoms with Crippen LogP contribution in [-0.4, -0.2) is 182 Å². The third-order valence-electron chi connectivity index (χ3n) is 20.3. The van der Waals surface area contributed by atoms with Gasteiger partial charge in [0.2, 0.25) is 26.0 Å². The molecule has 15 rings (SSSR count). The smallest absolute Gasteiger partial charge is 0.281 e. The average molecular weight is 1510 g/mol. The van der Waals surface area contributed by atoms with Crippen molar-refractivity contribution < 1.29 is 56.0 Å². The highest BCUT2D eigenvalue weighted by Gasteiger charge is 2.34. The molecule has 10 heterocycles. The van der Waals surface area contributed by atoms with E-state index in [1.165, 1.54) is 70.6 Å². The van der Waals surface area contributed by atoms with Crippen LogP contribution < -0.4 is 5.14 Å². The number of rotatable bonds is 12. The minimum atomic E-state index is -3.54. The van der Waals surface area contributed by atoms with Crippen molar-refractivity contribution in [1.82, 2.24) is 51.3 Å². The number of hydrogen-bond donors (Lipinski definition) is 6. The molecule has 0 bridgehead atoms. The van der Waals surface area contributed by atoms with Crippen molar-refractivity contribution >= 4 is 112 Å². The van der Waals surface area contributed by atoms with Gasteiger partial charge in [0.25, 0.3) is 20.4 Å². The van der Waals surface area contributed by atoms with Crippen LogP contribution in [0.25, 0.3) is 65.7 Å². The molecule has 5 aromatic carbocycles. The van der Waals surface area contributed by atoms with E-state index in [1.807, 2.05) is 67.5 Å². The first-order valence-corrected chi connectivity index (χ1v) is 41.3. The van der Waals surface area contributed by atoms with Crippen molar-refractivity contribution in [1.29, 1.82) is 5.26 Å². The molecular formula is C74H87F4N13O9S4. The fraction of sp³-hybridized carbons (Fsp3) is 0.378. The van der Waals surface area contributed by atoms with E-state index in [-0.39, 0.29) is 18.4 Å². The molecule has 554 valence electrons. The number of carbonyl (C=O) groups is 1. The van der Waals surface area contributed by atoms with Crippen molar-refractivity contribution in [2.24, 2.45) is 5.14 Å². The number of hydrogen-bond acceptors (Lipinski definition) is 10. The maximum Gasteiger partial charge on any atom is 0.281 e. The Kier molecular flexibility index (Phi) is 23.9. The van der Waals surface area contributed by atoms with Gasteiger partial charge in [0, 0.05) is 183 Å². The van der Waals surface area contributed by atoms with Gasteiger partial charge in [-0.1, -0.05) is 68.5 Å². The molecule has 0 spiro atoms. The largest absolute Gasteiger partial charge is 0.361 e. The van der Waals surface area contributed by atoms with E-state index < -0.39 is 63.7 Å². The normalized spacial score (nSPS) is 17.5. The Morgan fingerprint density at radius 1 is 0.510 bits per heavy atom. The van der Waals surface area contributed by atoms with E-state index in [4.69, 9.17) is 10.4 Å². The number of fused-ring (bicyclic) bond motifs is 5. The number of nitriles is 1. The fourth-order valence-corrected chi connectivity index (χ4v) is 18.7. The van der Waals surface area contributed by atoms with Gasteiger partial charge in [-0.15, -0.1) is 0 Å². The minimum absolute atomic E-state index is 0.0803. The zero-order valence-corrected chi connectivity index (χ0v) is 61.9. The van der Waals surface area contributed by atoms with E-state index in [1.54, 1.807) is 34.0 Å². The minimum Gasteiger partial charge on any atom is -0.361 e. The molecule has 1 amide bonds. The van der Waals surface area contributed by atoms with Gasteiger partial charge in [0.1, 0.15) is 23.3 Å². The number of halogens is 4. The van der Waals surface area contributed by atoms with Crippen molar-refractivity contribution in [2.75, 3.05) is 91.0 Å². The maximum absolute atomic E-state index is 14.0. The molecular weight excluding hydrogens is 1420 g/mol. The van der Waals surface area contributed by atoms with Gasteiger partial charge in [-0.3, -0.25) is 4.79 Å². The molecule has 30 heteroatoms. The number of nitrogens with one attached hydrogen (secondary N) is 5. The number of carbonyl (C=O) groups excluding carboxylic acids is 1. The second-order valence-corrected chi connectivity index (χ2v) is 34.1. The summed E-state index contributed by atoms with van der Waals surface area (Å²) in [5.74, 6) is -1.41. The number of aromatic nitrogens is 5. The molecule has 3 fully saturated rings. The summed E-state index contributed by atoms with van der Waals surface area (Å²) in [7, 11) is -13.2. The zero-order chi connectivity index (χ0) is 74.4. The third-order valence-corrected chi connectivity index (χ3v) is 26.2. The number of nitrogens with zero attached hydrogens (tertiary/aromatic N) is 7. The molecule has 0 saturated carbocycles. The van der Waals surface area contributed by atoms with E-state index in [2.05, 4.69) is 73.6 Å². The summed E-state index contributed by atoms with van der Waals surface area (Å²) in [5, 5.41) is 18.5. The number of nitrogens with two attached hydrogens (primary N) is 1. The number of para-hydroxylation sites is 2. The number of H-pyrrole nitrogens is 5. The lowest BCUT2D eigenvalue weighted by Crippen LogP contribution is -2.46. The summed E-state index contributed by atoms with van der Waals surface area (Å²) < 4.78 is 155. The summed E-state index contributed by atoms with van der Waals surface area (Å²) in [6.07, 6.45) is 21.7. The maximum atomic E-state index is 14.0. The first-order chi connectivity index (χ1) is 49.5. The highest BCUT2D eigenvalue weighted by Crippen LogP contribution is 2.39. The lowest BCUT2D eigenvalue weighted by atomic mass is 9.90. The summed E-state index contributed by atoms with van der Waals surface area (Å²) in [6.45, 7) is 11.6. The summed E-state index contributed by atoms with van der Waals surface area (Å²) in [4.78, 5) is 28.7. The first-order valence-electron chi connectivity index (χ1n) is 34.7. The second kappa shape index (κ2) is 32.5. The lowest BCUT2D eigenvalue weighted by molar-refractivity contribution is -0.128. The molecule has 22 nitrogen and oxygen atoms in total. The van der Waals surface area contributed by atoms with Crippen molar-refractivity contribution in [3.8, 4) is 6.07 Å². The van der Waals surface area contributed by atoms with Crippen molar-refractivity contribution in [2.45, 2.75) is 89.9 Å². The Hall–Kier alpha value is -8.48. The molecule has 0 radical (unpaired) electrons. The summed E-state index contributed by atoms with van der Waals surface area (Å²) in [6, 6.07) is 28.6. The van der Waals surface area contributed by atoms with Gasteiger partial charge in [0.05, 0.1) is 35.2 Å². The fourth-order valence-electron chi connectivity index (χ4n) is 14.7. The van der Waals surface area contributed by atoms with E-state index in [0.717, 1.165) is 83.9 Å². The van der Waals surface area contributed by atoms with Crippen LogP contribution in [-0.2, 0) is 45.3 Å². The predicted octanol–water partition coefficient (Wildman–Crippen LogP) is 12.2. The van der Waals surface area contributed by atoms with Crippen LogP contribution in [0.5, 0.6) is 0 Å². The van der Waals surface area contributed by atoms with E-state index in [9.17, 15) is 56.0 Å². The van der Waals surface area contributed by atoms with Gasteiger partial charge in [-0.05, 0) is 133 Å². The van der Waals surface area contributed by atoms with Crippen LogP contribution in [0.3, 0.4) is 0 Å². The highest BCUT2D eigenvalue weighted by atomic mass is 32.2. The van der Waals surface area contributed by atoms with Crippen LogP contribution in [0.2, 0.25) is 0 Å². The Balaban J connectivity index is 0.000000130. The molecule has 7 N–H and O–H groups in total. The lowest BCUT2D eigenvalue weighted by Gasteiger charge is -2.34. The molecule has 0 atom stereocenters. The Bertz CT molecular complexity index is 5350. The quantitative estimate of drug-likeness (QED) is 0.0628. The Morgan fingerprint density at radius 3 is 1.46 bits per heavy atom. The van der Waals surface area contributed by atoms with Gasteiger partial charge in [-0.2, -0.15) is 39.3 Å². The number of sulfonamides is 2. The summed E-state index contributed by atoms with van der Waals surface area (Å²) in [5.41, 5.74) is 12.1. The number of amides is 1. The third kappa shape index (κ3) is 17.6. The predicted molar refractivity (Wildman–Crippen MR) is 400 cm³/mol. The monoisotopic (exact) mass is 1510 g/mol. The van der Waals surface area contributed by atoms with Gasteiger partial charge < -0.3 is 29.8 Å². The molecule has 0 aliphatic carbocycles. The molecule has 5 aromatic heterocycles. The Labute approximate surface area is 604 Å². The van der Waals surface area contributed by atoms with Crippen LogP contribution in [0.15, 0.2) is 134 Å². The second-order valence-electron chi connectivity index (χ2n) is 26.7. The zero-order valence-electron chi connectivity index (χ0n) is 58.6. The topological polar surface area (TPSA) is 302 Å². The standard InChI is InChI=1S/C17H25N3O2S.C16H15N3O.C14H16F2N2O2S.C14H14F2N2O2S.C13H17N3O2S/c1-3-19(4-2)23(21,22)20-11-9-14(10-12-20)16-13-18-17-8-6-5-7-15(16)17;1-11(20)19-6-4-13(5-7-19)15-10-18-16-8-12(9-17)2-3-14(15)16;2*1-21(19,20)18-4-2-9(3-5-18)11-8-17-13-7-10(15)6-12(16)14(11)13;14-19(17,18)16-7-5-10(6-8-16)12-9-15-13-4-2-1-3-11(12)13/h5-8,13-14,18H,3-4,9-12H2,1-2H3;2-4,8,10,18H,5-7H2,1H3;6-9,17H,2-5H2,1H3;2,6-8,17H,3-5H2,1H3;1-4,9-10,15H,5-8H2,(H2,14,17,18). The van der Waals surface area contributed by atoms with Crippen LogP contribution >= 0.6 is 0 Å². The molecule has 104 heavy (non-hydrogen) atoms. The van der Waals surface area contributed by atoms with Gasteiger partial charge in [-0.25, -0.2) is 43.8 Å². The molecule has 5 aliphatic heterocycles.